The Kier molecular flexibility index (Phi) is 6.36. The van der Waals surface area contributed by atoms with Gasteiger partial charge in [-0.2, -0.15) is 13.2 Å². The zero-order chi connectivity index (χ0) is 28.2. The minimum absolute atomic E-state index is 0.0290. The summed E-state index contributed by atoms with van der Waals surface area (Å²) in [5, 5.41) is 0. The fourth-order valence-electron chi connectivity index (χ4n) is 5.38. The first kappa shape index (κ1) is 26.3. The Labute approximate surface area is 219 Å². The van der Waals surface area contributed by atoms with Gasteiger partial charge in [-0.15, -0.1) is 0 Å². The molecule has 1 atom stereocenters. The summed E-state index contributed by atoms with van der Waals surface area (Å²) in [4.78, 5) is 52.7. The van der Waals surface area contributed by atoms with Gasteiger partial charge in [-0.3, -0.25) is 23.1 Å². The van der Waals surface area contributed by atoms with Crippen molar-refractivity contribution in [1.29, 1.82) is 0 Å². The van der Waals surface area contributed by atoms with Crippen LogP contribution in [0.1, 0.15) is 52.9 Å². The van der Waals surface area contributed by atoms with Gasteiger partial charge in [0.2, 0.25) is 0 Å². The quantitative estimate of drug-likeness (QED) is 0.369. The summed E-state index contributed by atoms with van der Waals surface area (Å²) in [5.41, 5.74) is -1.71. The lowest BCUT2D eigenvalue weighted by Crippen LogP contribution is -2.45. The van der Waals surface area contributed by atoms with E-state index in [1.54, 1.807) is 39.2 Å². The van der Waals surface area contributed by atoms with Crippen LogP contribution in [0, 0.1) is 0 Å². The number of imidazole rings is 1. The highest BCUT2D eigenvalue weighted by atomic mass is 19.4. The van der Waals surface area contributed by atoms with Crippen molar-refractivity contribution in [3.8, 4) is 5.69 Å². The minimum atomic E-state index is -4.60. The summed E-state index contributed by atoms with van der Waals surface area (Å²) in [6, 6.07) is 7.44. The van der Waals surface area contributed by atoms with Crippen molar-refractivity contribution < 1.29 is 22.7 Å². The number of carbonyl (C=O) groups excluding carboxylic acids is 1. The molecular formula is C27H25F3N4O5. The van der Waals surface area contributed by atoms with Gasteiger partial charge in [-0.05, 0) is 61.6 Å². The summed E-state index contributed by atoms with van der Waals surface area (Å²) < 4.78 is 51.1. The van der Waals surface area contributed by atoms with Crippen LogP contribution < -0.4 is 16.9 Å². The molecular weight excluding hydrogens is 517 g/mol. The lowest BCUT2D eigenvalue weighted by atomic mass is 9.84. The first-order valence-electron chi connectivity index (χ1n) is 12.4. The number of alkyl halides is 3. The molecule has 2 aromatic heterocycles. The molecule has 9 nitrogen and oxygen atoms in total. The molecule has 0 saturated heterocycles. The second kappa shape index (κ2) is 9.44. The molecule has 4 aromatic rings. The van der Waals surface area contributed by atoms with Gasteiger partial charge in [-0.25, -0.2) is 14.4 Å². The van der Waals surface area contributed by atoms with E-state index in [0.717, 1.165) is 21.4 Å². The van der Waals surface area contributed by atoms with Crippen molar-refractivity contribution in [2.24, 2.45) is 14.1 Å². The molecule has 0 amide bonds. The third-order valence-electron chi connectivity index (χ3n) is 7.24. The zero-order valence-corrected chi connectivity index (χ0v) is 21.4. The number of carbonyl (C=O) groups is 1. The molecule has 2 aromatic carbocycles. The van der Waals surface area contributed by atoms with E-state index in [9.17, 15) is 32.3 Å². The van der Waals surface area contributed by atoms with E-state index in [1.807, 2.05) is 0 Å². The van der Waals surface area contributed by atoms with Crippen molar-refractivity contribution in [1.82, 2.24) is 18.3 Å². The summed E-state index contributed by atoms with van der Waals surface area (Å²) >= 11 is 0. The molecule has 2 heterocycles. The normalized spacial score (nSPS) is 15.4. The Hall–Kier alpha value is -4.35. The van der Waals surface area contributed by atoms with Gasteiger partial charge >= 0.3 is 23.5 Å². The Morgan fingerprint density at radius 1 is 1.03 bits per heavy atom. The van der Waals surface area contributed by atoms with E-state index in [4.69, 9.17) is 4.74 Å². The molecule has 0 saturated carbocycles. The lowest BCUT2D eigenvalue weighted by Gasteiger charge is -2.29. The van der Waals surface area contributed by atoms with Crippen molar-refractivity contribution in [2.45, 2.75) is 38.4 Å². The number of ether oxygens (including phenoxy) is 1. The number of fused-ring (bicyclic) bond motifs is 2. The molecule has 0 aliphatic heterocycles. The second-order valence-electron chi connectivity index (χ2n) is 9.44. The standard InChI is InChI=1S/C27H25F3N4O5/c1-4-39-24(36)18-14-33(15-11-12-21-22(13-15)32(3)25(37)31(21)2)26(38)34(23(18)35)20-10-6-7-16-17(20)8-5-9-19(16)27(28,29)30/h5,8-9,11-14,20H,4,6-7,10H2,1-3H3. The molecule has 12 heteroatoms. The molecule has 204 valence electrons. The van der Waals surface area contributed by atoms with E-state index >= 15 is 0 Å². The summed E-state index contributed by atoms with van der Waals surface area (Å²) in [5.74, 6) is -0.960. The average molecular weight is 543 g/mol. The Bertz CT molecular complexity index is 1810. The number of aryl methyl sites for hydroxylation is 2. The highest BCUT2D eigenvalue weighted by Gasteiger charge is 2.37. The first-order chi connectivity index (χ1) is 18.5. The Balaban J connectivity index is 1.80. The van der Waals surface area contributed by atoms with Gasteiger partial charge < -0.3 is 4.74 Å². The SMILES string of the molecule is CCOC(=O)c1cn(-c2ccc3c(c2)n(C)c(=O)n3C)c(=O)n(C2CCCc3c2cccc3C(F)(F)F)c1=O. The van der Waals surface area contributed by atoms with Crippen LogP contribution in [0.2, 0.25) is 0 Å². The lowest BCUT2D eigenvalue weighted by molar-refractivity contribution is -0.138. The van der Waals surface area contributed by atoms with Gasteiger partial charge in [0.1, 0.15) is 5.56 Å². The fraction of sp³-hybridized carbons (Fsp3) is 0.333. The van der Waals surface area contributed by atoms with Gasteiger partial charge in [0.05, 0.1) is 34.9 Å². The summed E-state index contributed by atoms with van der Waals surface area (Å²) in [6.07, 6.45) is -2.86. The van der Waals surface area contributed by atoms with Crippen molar-refractivity contribution in [3.05, 3.63) is 96.2 Å². The maximum atomic E-state index is 13.9. The second-order valence-corrected chi connectivity index (χ2v) is 9.44. The van der Waals surface area contributed by atoms with Crippen molar-refractivity contribution in [2.75, 3.05) is 6.61 Å². The maximum Gasteiger partial charge on any atom is 0.416 e. The van der Waals surface area contributed by atoms with E-state index in [-0.39, 0.29) is 42.0 Å². The number of rotatable bonds is 4. The first-order valence-corrected chi connectivity index (χ1v) is 12.4. The van der Waals surface area contributed by atoms with Crippen LogP contribution in [0.15, 0.2) is 57.0 Å². The van der Waals surface area contributed by atoms with Crippen LogP contribution in [0.3, 0.4) is 0 Å². The highest BCUT2D eigenvalue weighted by molar-refractivity contribution is 5.88. The van der Waals surface area contributed by atoms with Crippen LogP contribution in [0.4, 0.5) is 13.2 Å². The number of benzene rings is 2. The molecule has 1 aliphatic rings. The predicted molar refractivity (Wildman–Crippen MR) is 136 cm³/mol. The molecule has 1 aliphatic carbocycles. The number of esters is 1. The number of hydrogen-bond donors (Lipinski definition) is 0. The molecule has 0 bridgehead atoms. The molecule has 0 spiro atoms. The van der Waals surface area contributed by atoms with Crippen LogP contribution in [-0.2, 0) is 31.4 Å². The topological polar surface area (TPSA) is 97.2 Å². The summed E-state index contributed by atoms with van der Waals surface area (Å²) in [6.45, 7) is 1.53. The molecule has 1 unspecified atom stereocenters. The van der Waals surface area contributed by atoms with Crippen LogP contribution in [0.5, 0.6) is 0 Å². The van der Waals surface area contributed by atoms with E-state index in [2.05, 4.69) is 0 Å². The number of aromatic nitrogens is 4. The van der Waals surface area contributed by atoms with E-state index < -0.39 is 40.6 Å². The molecule has 0 N–H and O–H groups in total. The monoisotopic (exact) mass is 542 g/mol. The molecule has 39 heavy (non-hydrogen) atoms. The third kappa shape index (κ3) is 4.19. The largest absolute Gasteiger partial charge is 0.462 e. The molecule has 0 fully saturated rings. The zero-order valence-electron chi connectivity index (χ0n) is 21.4. The molecule has 0 radical (unpaired) electrons. The van der Waals surface area contributed by atoms with E-state index in [0.29, 0.717) is 17.5 Å². The van der Waals surface area contributed by atoms with E-state index in [1.165, 1.54) is 21.3 Å². The summed E-state index contributed by atoms with van der Waals surface area (Å²) in [7, 11) is 3.17. The van der Waals surface area contributed by atoms with Gasteiger partial charge in [0.15, 0.2) is 0 Å². The predicted octanol–water partition coefficient (Wildman–Crippen LogP) is 3.31. The van der Waals surface area contributed by atoms with Crippen molar-refractivity contribution >= 4 is 17.0 Å². The Morgan fingerprint density at radius 3 is 2.44 bits per heavy atom. The van der Waals surface area contributed by atoms with Gasteiger partial charge in [-0.1, -0.05) is 12.1 Å². The number of nitrogens with zero attached hydrogens (tertiary/aromatic N) is 4. The minimum Gasteiger partial charge on any atom is -0.462 e. The fourth-order valence-corrected chi connectivity index (χ4v) is 5.38. The van der Waals surface area contributed by atoms with Gasteiger partial charge in [0, 0.05) is 20.3 Å². The van der Waals surface area contributed by atoms with Gasteiger partial charge in [0.25, 0.3) is 5.56 Å². The number of hydrogen-bond acceptors (Lipinski definition) is 5. The number of halogens is 3. The van der Waals surface area contributed by atoms with Crippen LogP contribution in [-0.4, -0.2) is 30.8 Å². The third-order valence-corrected chi connectivity index (χ3v) is 7.24. The molecule has 5 rings (SSSR count). The van der Waals surface area contributed by atoms with Crippen LogP contribution >= 0.6 is 0 Å². The Morgan fingerprint density at radius 2 is 1.74 bits per heavy atom. The smallest absolute Gasteiger partial charge is 0.416 e. The maximum absolute atomic E-state index is 13.9. The van der Waals surface area contributed by atoms with Crippen LogP contribution in [0.25, 0.3) is 16.7 Å². The highest BCUT2D eigenvalue weighted by Crippen LogP contribution is 2.40. The van der Waals surface area contributed by atoms with Crippen molar-refractivity contribution in [3.63, 3.8) is 0 Å². The average Bonchev–Trinajstić information content (AvgIpc) is 3.11.